The fourth-order valence-electron chi connectivity index (χ4n) is 5.07. The van der Waals surface area contributed by atoms with Gasteiger partial charge in [0.25, 0.3) is 0 Å². The number of benzene rings is 3. The molecule has 0 aliphatic heterocycles. The average molecular weight is 499 g/mol. The van der Waals surface area contributed by atoms with Crippen LogP contribution in [0.15, 0.2) is 54.6 Å². The Morgan fingerprint density at radius 1 is 0.676 bits per heavy atom. The first kappa shape index (κ1) is 26.5. The zero-order valence-corrected chi connectivity index (χ0v) is 21.9. The van der Waals surface area contributed by atoms with Crippen molar-refractivity contribution in [1.29, 1.82) is 0 Å². The van der Waals surface area contributed by atoms with Crippen molar-refractivity contribution in [3.63, 3.8) is 0 Å². The molecule has 3 aromatic carbocycles. The van der Waals surface area contributed by atoms with Crippen molar-refractivity contribution >= 4 is 22.9 Å². The fraction of sp³-hybridized carbons (Fsp3) is 0.375. The zero-order valence-electron chi connectivity index (χ0n) is 21.9. The minimum atomic E-state index is -0.313. The number of hydrogen-bond donors (Lipinski definition) is 2. The van der Waals surface area contributed by atoms with Gasteiger partial charge in [0.1, 0.15) is 5.75 Å². The van der Waals surface area contributed by atoms with Crippen LogP contribution in [0.5, 0.6) is 11.5 Å². The Morgan fingerprint density at radius 3 is 1.81 bits per heavy atom. The molecular formula is C32H38N2O3. The van der Waals surface area contributed by atoms with E-state index in [2.05, 4.69) is 19.1 Å². The van der Waals surface area contributed by atoms with E-state index in [1.54, 1.807) is 24.3 Å². The standard InChI is InChI=1S/C32H38N2O3/c1-2-3-4-5-6-7-8-9-10-11-14-22-17-19-23(20-18-22)37-27-21-26(33)28-29(30(27)34)32(36)25-16-13-12-15-24(25)31(28)35/h12-13,15-21H,2-11,14,33-34H2,1H3. The molecule has 0 saturated heterocycles. The fourth-order valence-corrected chi connectivity index (χ4v) is 5.07. The van der Waals surface area contributed by atoms with E-state index in [9.17, 15) is 9.59 Å². The molecule has 5 heteroatoms. The summed E-state index contributed by atoms with van der Waals surface area (Å²) in [5, 5.41) is 0. The Balaban J connectivity index is 1.33. The highest BCUT2D eigenvalue weighted by atomic mass is 16.5. The van der Waals surface area contributed by atoms with Crippen LogP contribution in [0.2, 0.25) is 0 Å². The van der Waals surface area contributed by atoms with Crippen LogP contribution in [0.25, 0.3) is 0 Å². The van der Waals surface area contributed by atoms with Gasteiger partial charge in [-0.25, -0.2) is 0 Å². The first-order valence-corrected chi connectivity index (χ1v) is 13.7. The van der Waals surface area contributed by atoms with Crippen LogP contribution in [-0.4, -0.2) is 11.6 Å². The zero-order chi connectivity index (χ0) is 26.2. The minimum Gasteiger partial charge on any atom is -0.455 e. The summed E-state index contributed by atoms with van der Waals surface area (Å²) in [4.78, 5) is 26.2. The Bertz CT molecular complexity index is 1250. The Kier molecular flexibility index (Phi) is 8.99. The number of rotatable bonds is 13. The maximum Gasteiger partial charge on any atom is 0.196 e. The third-order valence-electron chi connectivity index (χ3n) is 7.20. The highest BCUT2D eigenvalue weighted by Crippen LogP contribution is 2.41. The molecule has 0 unspecified atom stereocenters. The molecule has 0 amide bonds. The predicted octanol–water partition coefficient (Wildman–Crippen LogP) is 7.88. The topological polar surface area (TPSA) is 95.4 Å². The van der Waals surface area contributed by atoms with Crippen LogP contribution in [-0.2, 0) is 6.42 Å². The van der Waals surface area contributed by atoms with E-state index in [1.807, 2.05) is 12.1 Å². The Labute approximate surface area is 220 Å². The quantitative estimate of drug-likeness (QED) is 0.144. The van der Waals surface area contributed by atoms with Gasteiger partial charge in [0.15, 0.2) is 17.3 Å². The van der Waals surface area contributed by atoms with Crippen molar-refractivity contribution in [2.45, 2.75) is 77.6 Å². The lowest BCUT2D eigenvalue weighted by atomic mass is 9.82. The van der Waals surface area contributed by atoms with Crippen LogP contribution >= 0.6 is 0 Å². The number of carbonyl (C=O) groups is 2. The maximum atomic E-state index is 13.2. The lowest BCUT2D eigenvalue weighted by Gasteiger charge is -2.22. The van der Waals surface area contributed by atoms with Gasteiger partial charge in [-0.3, -0.25) is 9.59 Å². The van der Waals surface area contributed by atoms with Gasteiger partial charge in [0.05, 0.1) is 16.8 Å². The van der Waals surface area contributed by atoms with Gasteiger partial charge in [-0.05, 0) is 30.5 Å². The Hall–Kier alpha value is -3.60. The van der Waals surface area contributed by atoms with Gasteiger partial charge in [0, 0.05) is 22.9 Å². The lowest BCUT2D eigenvalue weighted by Crippen LogP contribution is -2.24. The van der Waals surface area contributed by atoms with Crippen molar-refractivity contribution in [3.05, 3.63) is 82.4 Å². The van der Waals surface area contributed by atoms with Crippen LogP contribution in [0.1, 0.15) is 109 Å². The highest BCUT2D eigenvalue weighted by Gasteiger charge is 2.34. The van der Waals surface area contributed by atoms with E-state index in [0.29, 0.717) is 16.9 Å². The molecule has 0 fully saturated rings. The third kappa shape index (κ3) is 6.22. The summed E-state index contributed by atoms with van der Waals surface area (Å²) in [6.07, 6.45) is 14.3. The molecule has 0 heterocycles. The minimum absolute atomic E-state index is 0.122. The molecular weight excluding hydrogens is 460 g/mol. The van der Waals surface area contributed by atoms with Crippen LogP contribution in [0.4, 0.5) is 11.4 Å². The van der Waals surface area contributed by atoms with Gasteiger partial charge in [-0.1, -0.05) is 101 Å². The van der Waals surface area contributed by atoms with Crippen molar-refractivity contribution in [2.24, 2.45) is 0 Å². The van der Waals surface area contributed by atoms with Crippen molar-refractivity contribution in [3.8, 4) is 11.5 Å². The monoisotopic (exact) mass is 498 g/mol. The number of ketones is 2. The summed E-state index contributed by atoms with van der Waals surface area (Å²) in [5.74, 6) is 0.274. The summed E-state index contributed by atoms with van der Waals surface area (Å²) in [6, 6.07) is 16.2. The second-order valence-electron chi connectivity index (χ2n) is 10.0. The van der Waals surface area contributed by atoms with Crippen molar-refractivity contribution in [2.75, 3.05) is 11.5 Å². The van der Waals surface area contributed by atoms with Crippen LogP contribution in [0.3, 0.4) is 0 Å². The molecule has 1 aliphatic carbocycles. The van der Waals surface area contributed by atoms with Gasteiger partial charge < -0.3 is 16.2 Å². The predicted molar refractivity (Wildman–Crippen MR) is 151 cm³/mol. The van der Waals surface area contributed by atoms with Gasteiger partial charge in [-0.2, -0.15) is 0 Å². The van der Waals surface area contributed by atoms with E-state index in [1.165, 1.54) is 75.8 Å². The van der Waals surface area contributed by atoms with Crippen LogP contribution in [0, 0.1) is 0 Å². The summed E-state index contributed by atoms with van der Waals surface area (Å²) in [5.41, 5.74) is 15.1. The second kappa shape index (κ2) is 12.6. The number of fused-ring (bicyclic) bond motifs is 2. The van der Waals surface area contributed by atoms with E-state index < -0.39 is 0 Å². The largest absolute Gasteiger partial charge is 0.455 e. The van der Waals surface area contributed by atoms with E-state index in [0.717, 1.165) is 6.42 Å². The number of carbonyl (C=O) groups excluding carboxylic acids is 2. The maximum absolute atomic E-state index is 13.2. The first-order valence-electron chi connectivity index (χ1n) is 13.7. The van der Waals surface area contributed by atoms with E-state index in [-0.39, 0.29) is 39.8 Å². The molecule has 4 rings (SSSR count). The lowest BCUT2D eigenvalue weighted by molar-refractivity contribution is 0.0980. The molecule has 0 saturated carbocycles. The molecule has 37 heavy (non-hydrogen) atoms. The molecule has 0 radical (unpaired) electrons. The second-order valence-corrected chi connectivity index (χ2v) is 10.0. The van der Waals surface area contributed by atoms with E-state index in [4.69, 9.17) is 16.2 Å². The molecule has 0 bridgehead atoms. The summed E-state index contributed by atoms with van der Waals surface area (Å²) >= 11 is 0. The normalized spacial score (nSPS) is 12.4. The average Bonchev–Trinajstić information content (AvgIpc) is 2.91. The van der Waals surface area contributed by atoms with Crippen molar-refractivity contribution < 1.29 is 14.3 Å². The summed E-state index contributed by atoms with van der Waals surface area (Å²) in [6.45, 7) is 2.26. The number of hydrogen-bond acceptors (Lipinski definition) is 5. The number of aryl methyl sites for hydroxylation is 1. The SMILES string of the molecule is CCCCCCCCCCCCc1ccc(Oc2cc(N)c3c(c2N)C(=O)c2ccccc2C3=O)cc1. The molecule has 4 N–H and O–H groups in total. The molecule has 3 aromatic rings. The molecule has 0 spiro atoms. The first-order chi connectivity index (χ1) is 18.0. The van der Waals surface area contributed by atoms with Crippen molar-refractivity contribution in [1.82, 2.24) is 0 Å². The number of nitrogen functional groups attached to an aromatic ring is 2. The highest BCUT2D eigenvalue weighted by molar-refractivity contribution is 6.32. The molecule has 0 aromatic heterocycles. The Morgan fingerprint density at radius 2 is 1.22 bits per heavy atom. The molecule has 5 nitrogen and oxygen atoms in total. The smallest absolute Gasteiger partial charge is 0.196 e. The summed E-state index contributed by atoms with van der Waals surface area (Å²) < 4.78 is 6.02. The molecule has 1 aliphatic rings. The molecule has 0 atom stereocenters. The third-order valence-corrected chi connectivity index (χ3v) is 7.20. The molecule has 194 valence electrons. The van der Waals surface area contributed by atoms with E-state index >= 15 is 0 Å². The van der Waals surface area contributed by atoms with Gasteiger partial charge in [0.2, 0.25) is 0 Å². The number of unbranched alkanes of at least 4 members (excludes halogenated alkanes) is 9. The summed E-state index contributed by atoms with van der Waals surface area (Å²) in [7, 11) is 0. The number of ether oxygens (including phenoxy) is 1. The van der Waals surface area contributed by atoms with Gasteiger partial charge in [-0.15, -0.1) is 0 Å². The number of nitrogens with two attached hydrogens (primary N) is 2. The van der Waals surface area contributed by atoms with Crippen LogP contribution < -0.4 is 16.2 Å². The number of anilines is 2. The van der Waals surface area contributed by atoms with Gasteiger partial charge >= 0.3 is 0 Å².